The van der Waals surface area contributed by atoms with Gasteiger partial charge in [-0.15, -0.1) is 0 Å². The summed E-state index contributed by atoms with van der Waals surface area (Å²) < 4.78 is 0. The Kier molecular flexibility index (Phi) is 10.6. The van der Waals surface area contributed by atoms with Gasteiger partial charge in [-0.3, -0.25) is 9.79 Å². The van der Waals surface area contributed by atoms with Gasteiger partial charge in [-0.1, -0.05) is 40.2 Å². The molecule has 1 rings (SSSR count). The van der Waals surface area contributed by atoms with Gasteiger partial charge in [0.05, 0.1) is 12.4 Å². The lowest BCUT2D eigenvalue weighted by Gasteiger charge is -2.30. The van der Waals surface area contributed by atoms with Crippen LogP contribution in [0.1, 0.15) is 52.9 Å². The Morgan fingerprint density at radius 2 is 2.05 bits per heavy atom. The molecule has 0 aromatic rings. The Morgan fingerprint density at radius 1 is 1.43 bits per heavy atom. The van der Waals surface area contributed by atoms with E-state index in [-0.39, 0.29) is 11.9 Å². The molecule has 21 heavy (non-hydrogen) atoms. The van der Waals surface area contributed by atoms with Crippen LogP contribution in [-0.4, -0.2) is 31.4 Å². The third-order valence-electron chi connectivity index (χ3n) is 3.64. The van der Waals surface area contributed by atoms with Crippen molar-refractivity contribution in [2.75, 3.05) is 7.05 Å². The monoisotopic (exact) mass is 296 g/mol. The second kappa shape index (κ2) is 11.3. The van der Waals surface area contributed by atoms with Gasteiger partial charge in [0, 0.05) is 25.2 Å². The Labute approximate surface area is 129 Å². The van der Waals surface area contributed by atoms with Gasteiger partial charge in [0.2, 0.25) is 5.91 Å². The van der Waals surface area contributed by atoms with Gasteiger partial charge in [0.25, 0.3) is 0 Å². The maximum absolute atomic E-state index is 12.0. The fraction of sp³-hybridized carbons (Fsp3) is 0.750. The molecule has 4 N–H and O–H groups in total. The van der Waals surface area contributed by atoms with Crippen LogP contribution in [0.25, 0.3) is 0 Å². The zero-order valence-electron chi connectivity index (χ0n) is 14.0. The minimum atomic E-state index is -0.556. The fourth-order valence-corrected chi connectivity index (χ4v) is 2.39. The summed E-state index contributed by atoms with van der Waals surface area (Å²) in [5.74, 6) is 0.452. The highest BCUT2D eigenvalue weighted by molar-refractivity contribution is 5.82. The number of nitrogens with one attached hydrogen (secondary N) is 2. The number of hydrogen-bond donors (Lipinski definition) is 3. The van der Waals surface area contributed by atoms with Gasteiger partial charge < -0.3 is 16.4 Å². The van der Waals surface area contributed by atoms with Crippen LogP contribution in [0.4, 0.5) is 0 Å². The molecular weight excluding hydrogens is 264 g/mol. The predicted octanol–water partition coefficient (Wildman–Crippen LogP) is 2.19. The molecule has 0 aromatic carbocycles. The first-order valence-corrected chi connectivity index (χ1v) is 7.95. The van der Waals surface area contributed by atoms with Crippen LogP contribution in [0.15, 0.2) is 17.3 Å². The van der Waals surface area contributed by atoms with E-state index in [0.29, 0.717) is 18.0 Å². The maximum atomic E-state index is 12.0. The molecule has 3 unspecified atom stereocenters. The molecule has 0 radical (unpaired) electrons. The number of carbonyl (C=O) groups excluding carboxylic acids is 1. The zero-order chi connectivity index (χ0) is 16.3. The number of hydrogen-bond acceptors (Lipinski definition) is 3. The van der Waals surface area contributed by atoms with Crippen molar-refractivity contribution in [3.63, 3.8) is 0 Å². The predicted molar refractivity (Wildman–Crippen MR) is 90.2 cm³/mol. The molecule has 1 fully saturated rings. The van der Waals surface area contributed by atoms with Crippen molar-refractivity contribution in [1.82, 2.24) is 10.6 Å². The van der Waals surface area contributed by atoms with Crippen LogP contribution in [0.2, 0.25) is 0 Å². The SMILES string of the molecule is C=C(CC(N)C(=O)NC1CCCCC1C)NC=NC.CC. The first kappa shape index (κ1) is 19.6. The number of rotatable bonds is 6. The molecular formula is C16H32N4O. The van der Waals surface area contributed by atoms with Crippen molar-refractivity contribution in [3.8, 4) is 0 Å². The normalized spacial score (nSPS) is 22.9. The average Bonchev–Trinajstić information content (AvgIpc) is 2.49. The summed E-state index contributed by atoms with van der Waals surface area (Å²) in [7, 11) is 1.66. The number of amides is 1. The van der Waals surface area contributed by atoms with Crippen molar-refractivity contribution in [2.24, 2.45) is 16.6 Å². The smallest absolute Gasteiger partial charge is 0.237 e. The standard InChI is InChI=1S/C14H26N4O.C2H6/c1-10-6-4-5-7-13(10)18-14(19)12(15)8-11(2)17-9-16-3;1-2/h9-10,12-13H,2,4-8,15H2,1,3H3,(H,16,17)(H,18,19);1-2H3. The average molecular weight is 296 g/mol. The molecule has 1 saturated carbocycles. The zero-order valence-corrected chi connectivity index (χ0v) is 14.0. The first-order chi connectivity index (χ1) is 10.0. The van der Waals surface area contributed by atoms with E-state index in [1.54, 1.807) is 7.05 Å². The second-order valence-electron chi connectivity index (χ2n) is 5.32. The molecule has 0 spiro atoms. The molecule has 1 amide bonds. The maximum Gasteiger partial charge on any atom is 0.237 e. The fourth-order valence-electron chi connectivity index (χ4n) is 2.39. The van der Waals surface area contributed by atoms with E-state index in [9.17, 15) is 4.79 Å². The van der Waals surface area contributed by atoms with Crippen molar-refractivity contribution in [3.05, 3.63) is 12.3 Å². The van der Waals surface area contributed by atoms with Crippen LogP contribution in [0, 0.1) is 5.92 Å². The van der Waals surface area contributed by atoms with Gasteiger partial charge in [0.1, 0.15) is 0 Å². The topological polar surface area (TPSA) is 79.5 Å². The molecule has 3 atom stereocenters. The molecule has 0 aliphatic heterocycles. The summed E-state index contributed by atoms with van der Waals surface area (Å²) in [5.41, 5.74) is 6.59. The highest BCUT2D eigenvalue weighted by atomic mass is 16.2. The van der Waals surface area contributed by atoms with Crippen LogP contribution in [0.3, 0.4) is 0 Å². The largest absolute Gasteiger partial charge is 0.352 e. The summed E-state index contributed by atoms with van der Waals surface area (Å²) in [6, 6.07) is -0.287. The van der Waals surface area contributed by atoms with Gasteiger partial charge in [-0.2, -0.15) is 0 Å². The minimum absolute atomic E-state index is 0.0878. The van der Waals surface area contributed by atoms with Crippen LogP contribution < -0.4 is 16.4 Å². The molecule has 122 valence electrons. The summed E-state index contributed by atoms with van der Waals surface area (Å²) >= 11 is 0. The molecule has 0 bridgehead atoms. The van der Waals surface area contributed by atoms with Crippen LogP contribution in [0.5, 0.6) is 0 Å². The summed E-state index contributed by atoms with van der Waals surface area (Å²) in [4.78, 5) is 15.8. The Hall–Kier alpha value is -1.36. The number of carbonyl (C=O) groups is 1. The minimum Gasteiger partial charge on any atom is -0.352 e. The van der Waals surface area contributed by atoms with Crippen molar-refractivity contribution < 1.29 is 4.79 Å². The number of nitrogens with two attached hydrogens (primary N) is 1. The van der Waals surface area contributed by atoms with E-state index in [2.05, 4.69) is 29.1 Å². The van der Waals surface area contributed by atoms with Crippen molar-refractivity contribution in [1.29, 1.82) is 0 Å². The van der Waals surface area contributed by atoms with Gasteiger partial charge >= 0.3 is 0 Å². The lowest BCUT2D eigenvalue weighted by molar-refractivity contribution is -0.123. The number of aliphatic imine (C=N–C) groups is 1. The third-order valence-corrected chi connectivity index (χ3v) is 3.64. The lowest BCUT2D eigenvalue weighted by Crippen LogP contribution is -2.48. The molecule has 5 nitrogen and oxygen atoms in total. The number of nitrogens with zero attached hydrogens (tertiary/aromatic N) is 1. The molecule has 1 aliphatic rings. The third kappa shape index (κ3) is 7.85. The van der Waals surface area contributed by atoms with Crippen molar-refractivity contribution >= 4 is 12.2 Å². The second-order valence-corrected chi connectivity index (χ2v) is 5.32. The molecule has 0 heterocycles. The van der Waals surface area contributed by atoms with Crippen molar-refractivity contribution in [2.45, 2.75) is 65.0 Å². The Balaban J connectivity index is 0.00000191. The Morgan fingerprint density at radius 3 is 2.62 bits per heavy atom. The van der Waals surface area contributed by atoms with E-state index >= 15 is 0 Å². The molecule has 0 saturated heterocycles. The van der Waals surface area contributed by atoms with Crippen LogP contribution in [-0.2, 0) is 4.79 Å². The van der Waals surface area contributed by atoms with E-state index in [0.717, 1.165) is 6.42 Å². The molecule has 1 aliphatic carbocycles. The van der Waals surface area contributed by atoms with Gasteiger partial charge in [-0.25, -0.2) is 0 Å². The first-order valence-electron chi connectivity index (χ1n) is 7.95. The summed E-state index contributed by atoms with van der Waals surface area (Å²) in [6.45, 7) is 10.0. The summed E-state index contributed by atoms with van der Waals surface area (Å²) in [5, 5.41) is 5.95. The summed E-state index contributed by atoms with van der Waals surface area (Å²) in [6.07, 6.45) is 6.64. The van der Waals surface area contributed by atoms with E-state index < -0.39 is 6.04 Å². The quantitative estimate of drug-likeness (QED) is 0.519. The highest BCUT2D eigenvalue weighted by Crippen LogP contribution is 2.23. The molecule has 0 aromatic heterocycles. The van der Waals surface area contributed by atoms with Crippen LogP contribution >= 0.6 is 0 Å². The van der Waals surface area contributed by atoms with Gasteiger partial charge in [0.15, 0.2) is 0 Å². The van der Waals surface area contributed by atoms with Gasteiger partial charge in [-0.05, 0) is 18.8 Å². The highest BCUT2D eigenvalue weighted by Gasteiger charge is 2.25. The van der Waals surface area contributed by atoms with E-state index in [1.807, 2.05) is 13.8 Å². The van der Waals surface area contributed by atoms with E-state index in [1.165, 1.54) is 25.6 Å². The lowest BCUT2D eigenvalue weighted by atomic mass is 9.86. The van der Waals surface area contributed by atoms with E-state index in [4.69, 9.17) is 5.73 Å². The molecule has 5 heteroatoms. The Bertz CT molecular complexity index is 341.